The minimum atomic E-state index is -0.142. The van der Waals surface area contributed by atoms with E-state index < -0.39 is 0 Å². The van der Waals surface area contributed by atoms with E-state index in [1.54, 1.807) is 10.7 Å². The molecule has 0 aliphatic heterocycles. The molecule has 0 aromatic carbocycles. The van der Waals surface area contributed by atoms with Crippen LogP contribution in [0.25, 0.3) is 0 Å². The minimum absolute atomic E-state index is 0.142. The SMILES string of the molecule is Cc1cc(NC(=O)CS)nn1C. The first-order valence-corrected chi connectivity index (χ1v) is 4.18. The van der Waals surface area contributed by atoms with Gasteiger partial charge in [-0.25, -0.2) is 0 Å². The van der Waals surface area contributed by atoms with E-state index in [9.17, 15) is 4.79 Å². The summed E-state index contributed by atoms with van der Waals surface area (Å²) in [6, 6.07) is 1.81. The molecule has 1 heterocycles. The van der Waals surface area contributed by atoms with Crippen molar-refractivity contribution < 1.29 is 4.79 Å². The lowest BCUT2D eigenvalue weighted by atomic mass is 10.4. The fourth-order valence-electron chi connectivity index (χ4n) is 0.804. The van der Waals surface area contributed by atoms with Crippen molar-refractivity contribution in [1.82, 2.24) is 9.78 Å². The highest BCUT2D eigenvalue weighted by Gasteiger charge is 2.03. The second-order valence-electron chi connectivity index (χ2n) is 2.50. The van der Waals surface area contributed by atoms with Gasteiger partial charge in [0.2, 0.25) is 5.91 Å². The van der Waals surface area contributed by atoms with Crippen LogP contribution in [0.3, 0.4) is 0 Å². The van der Waals surface area contributed by atoms with Gasteiger partial charge in [0.25, 0.3) is 0 Å². The molecule has 1 aromatic rings. The van der Waals surface area contributed by atoms with Gasteiger partial charge in [0.15, 0.2) is 5.82 Å². The third kappa shape index (κ3) is 2.01. The predicted molar refractivity (Wildman–Crippen MR) is 50.4 cm³/mol. The van der Waals surface area contributed by atoms with Crippen LogP contribution >= 0.6 is 12.6 Å². The first kappa shape index (κ1) is 9.12. The average molecular weight is 185 g/mol. The number of nitrogens with one attached hydrogen (secondary N) is 1. The molecule has 12 heavy (non-hydrogen) atoms. The molecule has 0 bridgehead atoms. The van der Waals surface area contributed by atoms with Crippen molar-refractivity contribution in [3.63, 3.8) is 0 Å². The summed E-state index contributed by atoms with van der Waals surface area (Å²) in [6.07, 6.45) is 0. The molecule has 0 aliphatic rings. The Labute approximate surface area is 76.4 Å². The highest BCUT2D eigenvalue weighted by Crippen LogP contribution is 2.06. The molecule has 0 aliphatic carbocycles. The number of rotatable bonds is 2. The summed E-state index contributed by atoms with van der Waals surface area (Å²) in [6.45, 7) is 1.92. The number of thiol groups is 1. The van der Waals surface area contributed by atoms with Gasteiger partial charge in [-0.05, 0) is 6.92 Å². The van der Waals surface area contributed by atoms with E-state index >= 15 is 0 Å². The molecule has 0 spiro atoms. The third-order valence-corrected chi connectivity index (χ3v) is 1.81. The first-order valence-electron chi connectivity index (χ1n) is 3.55. The fraction of sp³-hybridized carbons (Fsp3) is 0.429. The van der Waals surface area contributed by atoms with Crippen LogP contribution in [0.1, 0.15) is 5.69 Å². The molecular weight excluding hydrogens is 174 g/mol. The number of nitrogens with zero attached hydrogens (tertiary/aromatic N) is 2. The Hall–Kier alpha value is -0.970. The summed E-state index contributed by atoms with van der Waals surface area (Å²) in [5, 5.41) is 6.65. The molecule has 1 rings (SSSR count). The molecule has 1 N–H and O–H groups in total. The number of hydrogen-bond donors (Lipinski definition) is 2. The van der Waals surface area contributed by atoms with Crippen LogP contribution in [-0.4, -0.2) is 21.4 Å². The van der Waals surface area contributed by atoms with E-state index in [0.717, 1.165) is 5.69 Å². The van der Waals surface area contributed by atoms with Crippen molar-refractivity contribution in [3.05, 3.63) is 11.8 Å². The Morgan fingerprint density at radius 3 is 2.92 bits per heavy atom. The quantitative estimate of drug-likeness (QED) is 0.663. The van der Waals surface area contributed by atoms with Gasteiger partial charge in [-0.15, -0.1) is 0 Å². The summed E-state index contributed by atoms with van der Waals surface area (Å²) in [5.41, 5.74) is 1.00. The molecule has 5 heteroatoms. The molecule has 0 unspecified atom stereocenters. The number of aromatic nitrogens is 2. The Morgan fingerprint density at radius 1 is 1.83 bits per heavy atom. The van der Waals surface area contributed by atoms with E-state index in [0.29, 0.717) is 5.82 Å². The maximum atomic E-state index is 10.9. The van der Waals surface area contributed by atoms with Crippen molar-refractivity contribution in [2.75, 3.05) is 11.1 Å². The monoisotopic (exact) mass is 185 g/mol. The van der Waals surface area contributed by atoms with Gasteiger partial charge >= 0.3 is 0 Å². The van der Waals surface area contributed by atoms with Crippen molar-refractivity contribution in [2.24, 2.45) is 7.05 Å². The molecular formula is C7H11N3OS. The van der Waals surface area contributed by atoms with Crippen molar-refractivity contribution in [3.8, 4) is 0 Å². The zero-order valence-electron chi connectivity index (χ0n) is 7.03. The highest BCUT2D eigenvalue weighted by molar-refractivity contribution is 7.81. The lowest BCUT2D eigenvalue weighted by Gasteiger charge is -1.95. The van der Waals surface area contributed by atoms with E-state index in [-0.39, 0.29) is 11.7 Å². The van der Waals surface area contributed by atoms with Gasteiger partial charge in [-0.3, -0.25) is 9.48 Å². The number of carbonyl (C=O) groups is 1. The number of hydrogen-bond acceptors (Lipinski definition) is 3. The van der Waals surface area contributed by atoms with E-state index in [2.05, 4.69) is 23.0 Å². The molecule has 1 aromatic heterocycles. The van der Waals surface area contributed by atoms with Gasteiger partial charge in [-0.2, -0.15) is 17.7 Å². The zero-order chi connectivity index (χ0) is 9.14. The van der Waals surface area contributed by atoms with E-state index in [1.165, 1.54) is 0 Å². The molecule has 0 fully saturated rings. The zero-order valence-corrected chi connectivity index (χ0v) is 7.93. The molecule has 0 atom stereocenters. The second kappa shape index (κ2) is 3.62. The van der Waals surface area contributed by atoms with Crippen LogP contribution in [0.5, 0.6) is 0 Å². The molecule has 66 valence electrons. The predicted octanol–water partition coefficient (Wildman–Crippen LogP) is 0.597. The normalized spacial score (nSPS) is 9.92. The number of aryl methyl sites for hydroxylation is 2. The largest absolute Gasteiger partial charge is 0.308 e. The summed E-state index contributed by atoms with van der Waals surface area (Å²) < 4.78 is 1.70. The summed E-state index contributed by atoms with van der Waals surface area (Å²) in [4.78, 5) is 10.9. The van der Waals surface area contributed by atoms with Gasteiger partial charge in [0.1, 0.15) is 0 Å². The topological polar surface area (TPSA) is 46.9 Å². The first-order chi connectivity index (χ1) is 5.63. The fourth-order valence-corrected chi connectivity index (χ4v) is 0.883. The van der Waals surface area contributed by atoms with Crippen molar-refractivity contribution >= 4 is 24.4 Å². The maximum Gasteiger partial charge on any atom is 0.235 e. The van der Waals surface area contributed by atoms with Crippen LogP contribution in [0, 0.1) is 6.92 Å². The Morgan fingerprint density at radius 2 is 2.50 bits per heavy atom. The molecule has 1 amide bonds. The van der Waals surface area contributed by atoms with Crippen molar-refractivity contribution in [2.45, 2.75) is 6.92 Å². The highest BCUT2D eigenvalue weighted by atomic mass is 32.1. The summed E-state index contributed by atoms with van der Waals surface area (Å²) >= 11 is 3.83. The number of anilines is 1. The van der Waals surface area contributed by atoms with Gasteiger partial charge < -0.3 is 5.32 Å². The maximum absolute atomic E-state index is 10.9. The van der Waals surface area contributed by atoms with Crippen LogP contribution in [0.4, 0.5) is 5.82 Å². The minimum Gasteiger partial charge on any atom is -0.308 e. The Bertz CT molecular complexity index is 275. The van der Waals surface area contributed by atoms with Crippen LogP contribution < -0.4 is 5.32 Å². The molecule has 0 saturated heterocycles. The molecule has 4 nitrogen and oxygen atoms in total. The number of carbonyl (C=O) groups excluding carboxylic acids is 1. The summed E-state index contributed by atoms with van der Waals surface area (Å²) in [7, 11) is 1.83. The Kier molecular flexibility index (Phi) is 2.75. The van der Waals surface area contributed by atoms with Crippen molar-refractivity contribution in [1.29, 1.82) is 0 Å². The number of amides is 1. The van der Waals surface area contributed by atoms with E-state index in [4.69, 9.17) is 0 Å². The lowest BCUT2D eigenvalue weighted by Crippen LogP contribution is -2.13. The molecule has 0 radical (unpaired) electrons. The van der Waals surface area contributed by atoms with Crippen LogP contribution in [-0.2, 0) is 11.8 Å². The van der Waals surface area contributed by atoms with Crippen LogP contribution in [0.15, 0.2) is 6.07 Å². The van der Waals surface area contributed by atoms with E-state index in [1.807, 2.05) is 14.0 Å². The third-order valence-electron chi connectivity index (χ3n) is 1.52. The van der Waals surface area contributed by atoms with Crippen LogP contribution in [0.2, 0.25) is 0 Å². The standard InChI is InChI=1S/C7H11N3OS/c1-5-3-6(9-10(5)2)8-7(11)4-12/h3,12H,4H2,1-2H3,(H,8,9,11). The second-order valence-corrected chi connectivity index (χ2v) is 2.82. The van der Waals surface area contributed by atoms with Gasteiger partial charge in [-0.1, -0.05) is 0 Å². The summed E-state index contributed by atoms with van der Waals surface area (Å²) in [5.74, 6) is 0.612. The average Bonchev–Trinajstić information content (AvgIpc) is 2.31. The Balaban J connectivity index is 2.70. The smallest absolute Gasteiger partial charge is 0.235 e. The van der Waals surface area contributed by atoms with Gasteiger partial charge in [0, 0.05) is 18.8 Å². The lowest BCUT2D eigenvalue weighted by molar-refractivity contribution is -0.113. The van der Waals surface area contributed by atoms with Gasteiger partial charge in [0.05, 0.1) is 5.75 Å². The molecule has 0 saturated carbocycles.